The summed E-state index contributed by atoms with van der Waals surface area (Å²) < 4.78 is 0. The summed E-state index contributed by atoms with van der Waals surface area (Å²) in [5.74, 6) is -0.512. The standard InChI is InChI=1S/C16H24N4O2/c1-12(9-18-16(22)10-19-15(21)8-17)20-7-6-13-4-2-3-5-14(13)11-20/h2-5,12H,6-11,17H2,1H3,(H,18,22)(H,19,21). The van der Waals surface area contributed by atoms with Crippen LogP contribution < -0.4 is 16.4 Å². The van der Waals surface area contributed by atoms with Crippen LogP contribution in [-0.4, -0.2) is 48.9 Å². The molecule has 0 aromatic heterocycles. The third-order valence-electron chi connectivity index (χ3n) is 4.01. The number of hydrogen-bond donors (Lipinski definition) is 3. The van der Waals surface area contributed by atoms with E-state index in [1.165, 1.54) is 11.1 Å². The molecule has 0 saturated heterocycles. The van der Waals surface area contributed by atoms with E-state index in [0.29, 0.717) is 6.54 Å². The number of carbonyl (C=O) groups excluding carboxylic acids is 2. The number of carbonyl (C=O) groups is 2. The lowest BCUT2D eigenvalue weighted by atomic mass is 9.99. The van der Waals surface area contributed by atoms with Crippen LogP contribution in [0.3, 0.4) is 0 Å². The molecule has 1 heterocycles. The van der Waals surface area contributed by atoms with E-state index in [4.69, 9.17) is 5.73 Å². The van der Waals surface area contributed by atoms with Gasteiger partial charge in [-0.05, 0) is 24.5 Å². The predicted molar refractivity (Wildman–Crippen MR) is 85.1 cm³/mol. The molecule has 2 rings (SSSR count). The first-order valence-corrected chi connectivity index (χ1v) is 7.64. The normalized spacial score (nSPS) is 15.7. The molecule has 0 bridgehead atoms. The summed E-state index contributed by atoms with van der Waals surface area (Å²) in [5, 5.41) is 5.31. The fourth-order valence-electron chi connectivity index (χ4n) is 2.60. The summed E-state index contributed by atoms with van der Waals surface area (Å²) >= 11 is 0. The Labute approximate surface area is 131 Å². The lowest BCUT2D eigenvalue weighted by molar-refractivity contribution is -0.125. The molecule has 2 amide bonds. The summed E-state index contributed by atoms with van der Waals surface area (Å²) in [6.45, 7) is 4.46. The van der Waals surface area contributed by atoms with Gasteiger partial charge >= 0.3 is 0 Å². The van der Waals surface area contributed by atoms with Crippen LogP contribution in [-0.2, 0) is 22.6 Å². The summed E-state index contributed by atoms with van der Waals surface area (Å²) in [7, 11) is 0. The predicted octanol–water partition coefficient (Wildman–Crippen LogP) is -0.376. The average Bonchev–Trinajstić information content (AvgIpc) is 2.56. The molecule has 1 aromatic carbocycles. The highest BCUT2D eigenvalue weighted by atomic mass is 16.2. The summed E-state index contributed by atoms with van der Waals surface area (Å²) in [5.41, 5.74) is 7.95. The molecule has 0 aliphatic carbocycles. The number of rotatable bonds is 6. The van der Waals surface area contributed by atoms with Crippen molar-refractivity contribution < 1.29 is 9.59 Å². The molecular formula is C16H24N4O2. The molecule has 6 nitrogen and oxygen atoms in total. The Morgan fingerprint density at radius 1 is 1.23 bits per heavy atom. The first-order valence-electron chi connectivity index (χ1n) is 7.64. The van der Waals surface area contributed by atoms with E-state index in [2.05, 4.69) is 46.7 Å². The smallest absolute Gasteiger partial charge is 0.239 e. The Morgan fingerprint density at radius 2 is 1.95 bits per heavy atom. The minimum Gasteiger partial charge on any atom is -0.353 e. The van der Waals surface area contributed by atoms with Gasteiger partial charge in [0.05, 0.1) is 13.1 Å². The molecule has 1 aromatic rings. The maximum absolute atomic E-state index is 11.7. The third-order valence-corrected chi connectivity index (χ3v) is 4.01. The Morgan fingerprint density at radius 3 is 2.68 bits per heavy atom. The maximum atomic E-state index is 11.7. The van der Waals surface area contributed by atoms with E-state index >= 15 is 0 Å². The number of benzene rings is 1. The van der Waals surface area contributed by atoms with Crippen LogP contribution in [0.15, 0.2) is 24.3 Å². The van der Waals surface area contributed by atoms with Crippen molar-refractivity contribution in [2.45, 2.75) is 25.9 Å². The molecule has 1 aliphatic rings. The number of nitrogens with zero attached hydrogens (tertiary/aromatic N) is 1. The topological polar surface area (TPSA) is 87.5 Å². The molecule has 120 valence electrons. The zero-order valence-electron chi connectivity index (χ0n) is 13.0. The van der Waals surface area contributed by atoms with Gasteiger partial charge in [0.1, 0.15) is 0 Å². The largest absolute Gasteiger partial charge is 0.353 e. The van der Waals surface area contributed by atoms with Gasteiger partial charge in [-0.15, -0.1) is 0 Å². The summed E-state index contributed by atoms with van der Waals surface area (Å²) in [6, 6.07) is 8.74. The van der Waals surface area contributed by atoms with Crippen molar-refractivity contribution in [3.8, 4) is 0 Å². The quantitative estimate of drug-likeness (QED) is 0.669. The van der Waals surface area contributed by atoms with Crippen molar-refractivity contribution in [3.05, 3.63) is 35.4 Å². The Kier molecular flexibility index (Phi) is 5.91. The molecule has 1 atom stereocenters. The highest BCUT2D eigenvalue weighted by molar-refractivity contribution is 5.85. The number of nitrogens with one attached hydrogen (secondary N) is 2. The lowest BCUT2D eigenvalue weighted by Gasteiger charge is -2.33. The van der Waals surface area contributed by atoms with Gasteiger partial charge in [0.15, 0.2) is 0 Å². The molecule has 0 spiro atoms. The second-order valence-corrected chi connectivity index (χ2v) is 5.62. The minimum atomic E-state index is -0.323. The molecule has 0 fully saturated rings. The molecule has 4 N–H and O–H groups in total. The Bertz CT molecular complexity index is 533. The number of fused-ring (bicyclic) bond motifs is 1. The number of amides is 2. The van der Waals surface area contributed by atoms with E-state index in [0.717, 1.165) is 19.5 Å². The van der Waals surface area contributed by atoms with Gasteiger partial charge in [-0.3, -0.25) is 14.5 Å². The van der Waals surface area contributed by atoms with Crippen LogP contribution in [0.5, 0.6) is 0 Å². The van der Waals surface area contributed by atoms with E-state index in [1.54, 1.807) is 0 Å². The number of hydrogen-bond acceptors (Lipinski definition) is 4. The van der Waals surface area contributed by atoms with Crippen molar-refractivity contribution >= 4 is 11.8 Å². The lowest BCUT2D eigenvalue weighted by Crippen LogP contribution is -2.46. The fraction of sp³-hybridized carbons (Fsp3) is 0.500. The van der Waals surface area contributed by atoms with Crippen molar-refractivity contribution in [1.82, 2.24) is 15.5 Å². The molecule has 1 unspecified atom stereocenters. The fourth-order valence-corrected chi connectivity index (χ4v) is 2.60. The zero-order chi connectivity index (χ0) is 15.9. The van der Waals surface area contributed by atoms with E-state index in [9.17, 15) is 9.59 Å². The van der Waals surface area contributed by atoms with Gasteiger partial charge in [-0.25, -0.2) is 0 Å². The second-order valence-electron chi connectivity index (χ2n) is 5.62. The average molecular weight is 304 g/mol. The first kappa shape index (κ1) is 16.5. The number of nitrogens with two attached hydrogens (primary N) is 1. The minimum absolute atomic E-state index is 0.0222. The Balaban J connectivity index is 1.75. The van der Waals surface area contributed by atoms with Gasteiger partial charge in [0, 0.05) is 25.7 Å². The van der Waals surface area contributed by atoms with E-state index in [-0.39, 0.29) is 30.9 Å². The van der Waals surface area contributed by atoms with E-state index in [1.807, 2.05) is 0 Å². The molecular weight excluding hydrogens is 280 g/mol. The SMILES string of the molecule is CC(CNC(=O)CNC(=O)CN)N1CCc2ccccc2C1. The van der Waals surface area contributed by atoms with Gasteiger partial charge < -0.3 is 16.4 Å². The summed E-state index contributed by atoms with van der Waals surface area (Å²) in [4.78, 5) is 25.0. The maximum Gasteiger partial charge on any atom is 0.239 e. The molecule has 22 heavy (non-hydrogen) atoms. The highest BCUT2D eigenvalue weighted by Crippen LogP contribution is 2.19. The van der Waals surface area contributed by atoms with Crippen LogP contribution >= 0.6 is 0 Å². The first-order chi connectivity index (χ1) is 10.6. The van der Waals surface area contributed by atoms with E-state index < -0.39 is 0 Å². The molecule has 0 saturated carbocycles. The van der Waals surface area contributed by atoms with Gasteiger partial charge in [-0.1, -0.05) is 24.3 Å². The van der Waals surface area contributed by atoms with Crippen molar-refractivity contribution in [1.29, 1.82) is 0 Å². The summed E-state index contributed by atoms with van der Waals surface area (Å²) in [6.07, 6.45) is 1.04. The van der Waals surface area contributed by atoms with Crippen molar-refractivity contribution in [2.24, 2.45) is 5.73 Å². The highest BCUT2D eigenvalue weighted by Gasteiger charge is 2.20. The molecule has 1 aliphatic heterocycles. The second kappa shape index (κ2) is 7.91. The molecule has 0 radical (unpaired) electrons. The zero-order valence-corrected chi connectivity index (χ0v) is 13.0. The van der Waals surface area contributed by atoms with Crippen molar-refractivity contribution in [2.75, 3.05) is 26.2 Å². The van der Waals surface area contributed by atoms with Gasteiger partial charge in [0.25, 0.3) is 0 Å². The van der Waals surface area contributed by atoms with Crippen LogP contribution in [0.1, 0.15) is 18.1 Å². The van der Waals surface area contributed by atoms with Crippen LogP contribution in [0.4, 0.5) is 0 Å². The van der Waals surface area contributed by atoms with Crippen LogP contribution in [0.25, 0.3) is 0 Å². The monoisotopic (exact) mass is 304 g/mol. The van der Waals surface area contributed by atoms with Gasteiger partial charge in [0.2, 0.25) is 11.8 Å². The van der Waals surface area contributed by atoms with Crippen LogP contribution in [0.2, 0.25) is 0 Å². The third kappa shape index (κ3) is 4.54. The van der Waals surface area contributed by atoms with Crippen LogP contribution in [0, 0.1) is 0 Å². The van der Waals surface area contributed by atoms with Crippen molar-refractivity contribution in [3.63, 3.8) is 0 Å². The molecule has 6 heteroatoms. The van der Waals surface area contributed by atoms with Gasteiger partial charge in [-0.2, -0.15) is 0 Å². The Hall–Kier alpha value is -1.92.